The number of hydrogen-bond acceptors (Lipinski definition) is 4. The van der Waals surface area contributed by atoms with Gasteiger partial charge < -0.3 is 10.5 Å². The lowest BCUT2D eigenvalue weighted by Gasteiger charge is -2.27. The molecule has 0 saturated heterocycles. The highest BCUT2D eigenvalue weighted by Crippen LogP contribution is 2.43. The van der Waals surface area contributed by atoms with Crippen LogP contribution in [0.5, 0.6) is 5.75 Å². The van der Waals surface area contributed by atoms with Gasteiger partial charge in [-0.2, -0.15) is 0 Å². The summed E-state index contributed by atoms with van der Waals surface area (Å²) in [7, 11) is 1.66. The lowest BCUT2D eigenvalue weighted by atomic mass is 9.80. The van der Waals surface area contributed by atoms with Gasteiger partial charge in [0.15, 0.2) is 0 Å². The molecule has 2 aromatic rings. The number of halogens is 1. The number of ether oxygens (including phenoxy) is 1. The number of benzene rings is 2. The molecule has 0 unspecified atom stereocenters. The van der Waals surface area contributed by atoms with E-state index >= 15 is 0 Å². The zero-order chi connectivity index (χ0) is 19.7. The van der Waals surface area contributed by atoms with Gasteiger partial charge in [0.05, 0.1) is 12.8 Å². The molecule has 0 aliphatic carbocycles. The predicted octanol–water partition coefficient (Wildman–Crippen LogP) is 6.94. The van der Waals surface area contributed by atoms with Crippen molar-refractivity contribution in [3.8, 4) is 5.75 Å². The van der Waals surface area contributed by atoms with Crippen LogP contribution in [0.15, 0.2) is 40.6 Å². The van der Waals surface area contributed by atoms with E-state index in [0.29, 0.717) is 22.1 Å². The third kappa shape index (κ3) is 4.55. The molecule has 0 amide bonds. The summed E-state index contributed by atoms with van der Waals surface area (Å²) in [5, 5.41) is 9.37. The van der Waals surface area contributed by atoms with Crippen molar-refractivity contribution >= 4 is 28.7 Å². The minimum atomic E-state index is -0.0871. The van der Waals surface area contributed by atoms with Gasteiger partial charge in [0.2, 0.25) is 0 Å². The molecule has 0 spiro atoms. The maximum Gasteiger partial charge on any atom is 0.150 e. The molecule has 0 radical (unpaired) electrons. The monoisotopic (exact) mass is 373 g/mol. The number of anilines is 1. The first-order chi connectivity index (χ1) is 11.9. The maximum atomic E-state index is 5.98. The van der Waals surface area contributed by atoms with Gasteiger partial charge in [-0.25, -0.2) is 0 Å². The quantitative estimate of drug-likeness (QED) is 0.467. The maximum absolute atomic E-state index is 5.98. The lowest BCUT2D eigenvalue weighted by Crippen LogP contribution is -2.17. The van der Waals surface area contributed by atoms with Crippen molar-refractivity contribution in [2.45, 2.75) is 52.4 Å². The number of nitrogens with two attached hydrogens (primary N) is 1. The Balaban J connectivity index is 2.64. The lowest BCUT2D eigenvalue weighted by molar-refractivity contribution is 0.397. The van der Waals surface area contributed by atoms with Crippen molar-refractivity contribution < 1.29 is 4.74 Å². The standard InChI is InChI=1S/C21H28ClN3O/c1-20(2,3)13-10-15(21(4,5)6)19(26-7)18(11-13)25-24-17-9-8-14(22)12-16(17)23/h8-12H,23H2,1-7H3. The summed E-state index contributed by atoms with van der Waals surface area (Å²) in [4.78, 5) is 0. The van der Waals surface area contributed by atoms with E-state index < -0.39 is 0 Å². The molecule has 2 aromatic carbocycles. The number of azo groups is 1. The van der Waals surface area contributed by atoms with Crippen LogP contribution >= 0.6 is 11.6 Å². The van der Waals surface area contributed by atoms with Crippen LogP contribution in [0.3, 0.4) is 0 Å². The third-order valence-electron chi connectivity index (χ3n) is 4.20. The summed E-state index contributed by atoms with van der Waals surface area (Å²) in [6.45, 7) is 13.0. The predicted molar refractivity (Wildman–Crippen MR) is 110 cm³/mol. The van der Waals surface area contributed by atoms with E-state index in [2.05, 4.69) is 57.8 Å². The largest absolute Gasteiger partial charge is 0.494 e. The SMILES string of the molecule is COc1c(N=Nc2ccc(Cl)cc2N)cc(C(C)(C)C)cc1C(C)(C)C. The minimum Gasteiger partial charge on any atom is -0.494 e. The Morgan fingerprint density at radius 1 is 0.885 bits per heavy atom. The number of nitrogen functional groups attached to an aromatic ring is 1. The second kappa shape index (κ2) is 7.28. The van der Waals surface area contributed by atoms with Crippen LogP contribution < -0.4 is 10.5 Å². The second-order valence-corrected chi connectivity index (χ2v) is 8.92. The van der Waals surface area contributed by atoms with Crippen molar-refractivity contribution in [3.63, 3.8) is 0 Å². The Kier molecular flexibility index (Phi) is 5.67. The Labute approximate surface area is 161 Å². The fourth-order valence-corrected chi connectivity index (χ4v) is 2.80. The molecule has 0 fully saturated rings. The van der Waals surface area contributed by atoms with Crippen LogP contribution in [-0.2, 0) is 10.8 Å². The number of methoxy groups -OCH3 is 1. The van der Waals surface area contributed by atoms with Crippen LogP contribution in [0.25, 0.3) is 0 Å². The van der Waals surface area contributed by atoms with Gasteiger partial charge in [0.25, 0.3) is 0 Å². The van der Waals surface area contributed by atoms with E-state index in [9.17, 15) is 0 Å². The molecule has 0 saturated carbocycles. The summed E-state index contributed by atoms with van der Waals surface area (Å²) in [6.07, 6.45) is 0. The molecule has 0 aliphatic heterocycles. The molecule has 140 valence electrons. The third-order valence-corrected chi connectivity index (χ3v) is 4.44. The van der Waals surface area contributed by atoms with Crippen molar-refractivity contribution in [1.29, 1.82) is 0 Å². The molecule has 0 aliphatic rings. The van der Waals surface area contributed by atoms with Gasteiger partial charge in [-0.15, -0.1) is 10.2 Å². The Bertz CT molecular complexity index is 830. The summed E-state index contributed by atoms with van der Waals surface area (Å²) >= 11 is 5.95. The molecule has 0 aromatic heterocycles. The summed E-state index contributed by atoms with van der Waals surface area (Å²) in [5.74, 6) is 0.738. The Hall–Kier alpha value is -2.07. The summed E-state index contributed by atoms with van der Waals surface area (Å²) < 4.78 is 5.70. The van der Waals surface area contributed by atoms with Gasteiger partial charge >= 0.3 is 0 Å². The van der Waals surface area contributed by atoms with Crippen molar-refractivity contribution in [1.82, 2.24) is 0 Å². The second-order valence-electron chi connectivity index (χ2n) is 8.48. The first-order valence-corrected chi connectivity index (χ1v) is 9.01. The highest BCUT2D eigenvalue weighted by Gasteiger charge is 2.25. The van der Waals surface area contributed by atoms with Crippen molar-refractivity contribution in [2.75, 3.05) is 12.8 Å². The van der Waals surface area contributed by atoms with Crippen LogP contribution in [0.4, 0.5) is 17.1 Å². The fraction of sp³-hybridized carbons (Fsp3) is 0.429. The molecule has 2 N–H and O–H groups in total. The summed E-state index contributed by atoms with van der Waals surface area (Å²) in [5.41, 5.74) is 9.93. The average molecular weight is 374 g/mol. The molecular formula is C21H28ClN3O. The Morgan fingerprint density at radius 2 is 1.50 bits per heavy atom. The van der Waals surface area contributed by atoms with Crippen LogP contribution in [0, 0.1) is 0 Å². The van der Waals surface area contributed by atoms with E-state index in [1.165, 1.54) is 5.56 Å². The van der Waals surface area contributed by atoms with Crippen LogP contribution in [-0.4, -0.2) is 7.11 Å². The first-order valence-electron chi connectivity index (χ1n) is 8.63. The van der Waals surface area contributed by atoms with E-state index in [-0.39, 0.29) is 10.8 Å². The first kappa shape index (κ1) is 20.2. The molecule has 26 heavy (non-hydrogen) atoms. The van der Waals surface area contributed by atoms with Gasteiger partial charge in [-0.3, -0.25) is 0 Å². The Morgan fingerprint density at radius 3 is 2.00 bits per heavy atom. The topological polar surface area (TPSA) is 60.0 Å². The van der Waals surface area contributed by atoms with Crippen LogP contribution in [0.1, 0.15) is 52.7 Å². The number of hydrogen-bond donors (Lipinski definition) is 1. The molecule has 4 nitrogen and oxygen atoms in total. The smallest absolute Gasteiger partial charge is 0.150 e. The normalized spacial score (nSPS) is 12.6. The van der Waals surface area contributed by atoms with Gasteiger partial charge in [0, 0.05) is 10.6 Å². The minimum absolute atomic E-state index is 0.0180. The molecule has 2 rings (SSSR count). The van der Waals surface area contributed by atoms with Gasteiger partial charge in [-0.1, -0.05) is 59.2 Å². The molecular weight excluding hydrogens is 346 g/mol. The van der Waals surface area contributed by atoms with Crippen molar-refractivity contribution in [3.05, 3.63) is 46.5 Å². The zero-order valence-corrected chi connectivity index (χ0v) is 17.4. The molecule has 0 atom stereocenters. The van der Waals surface area contributed by atoms with Gasteiger partial charge in [0.1, 0.15) is 17.1 Å². The highest BCUT2D eigenvalue weighted by molar-refractivity contribution is 6.31. The van der Waals surface area contributed by atoms with Crippen molar-refractivity contribution in [2.24, 2.45) is 10.2 Å². The molecule has 0 heterocycles. The molecule has 0 bridgehead atoms. The van der Waals surface area contributed by atoms with E-state index in [0.717, 1.165) is 11.3 Å². The fourth-order valence-electron chi connectivity index (χ4n) is 2.62. The molecule has 5 heteroatoms. The zero-order valence-electron chi connectivity index (χ0n) is 16.6. The van der Waals surface area contributed by atoms with Gasteiger partial charge in [-0.05, 0) is 40.7 Å². The number of nitrogens with zero attached hydrogens (tertiary/aromatic N) is 2. The van der Waals surface area contributed by atoms with E-state index in [4.69, 9.17) is 22.1 Å². The number of rotatable bonds is 3. The van der Waals surface area contributed by atoms with Crippen LogP contribution in [0.2, 0.25) is 5.02 Å². The van der Waals surface area contributed by atoms with E-state index in [1.54, 1.807) is 25.3 Å². The van der Waals surface area contributed by atoms with E-state index in [1.807, 2.05) is 6.07 Å². The average Bonchev–Trinajstić information content (AvgIpc) is 2.51. The highest BCUT2D eigenvalue weighted by atomic mass is 35.5. The summed E-state index contributed by atoms with van der Waals surface area (Å²) in [6, 6.07) is 9.40.